The number of nitrogens with zero attached hydrogens (tertiary/aromatic N) is 2. The summed E-state index contributed by atoms with van der Waals surface area (Å²) in [6.07, 6.45) is 2.84. The van der Waals surface area contributed by atoms with Gasteiger partial charge in [0.2, 0.25) is 0 Å². The number of likely N-dealkylation sites (tertiary alicyclic amines) is 1. The Morgan fingerprint density at radius 1 is 1.26 bits per heavy atom. The van der Waals surface area contributed by atoms with Crippen LogP contribution in [0.1, 0.15) is 31.4 Å². The van der Waals surface area contributed by atoms with Crippen LogP contribution >= 0.6 is 0 Å². The Bertz CT molecular complexity index is 914. The molecule has 2 aromatic heterocycles. The van der Waals surface area contributed by atoms with Crippen molar-refractivity contribution in [3.8, 4) is 5.75 Å². The summed E-state index contributed by atoms with van der Waals surface area (Å²) in [6, 6.07) is 12.2. The molecule has 1 amide bonds. The molecule has 5 nitrogen and oxygen atoms in total. The molecule has 3 aromatic rings. The van der Waals surface area contributed by atoms with Crippen LogP contribution in [0.15, 0.2) is 48.7 Å². The summed E-state index contributed by atoms with van der Waals surface area (Å²) in [5.74, 6) is -0.0665. The van der Waals surface area contributed by atoms with Crippen molar-refractivity contribution in [2.24, 2.45) is 0 Å². The summed E-state index contributed by atoms with van der Waals surface area (Å²) in [6.45, 7) is 3.00. The maximum absolute atomic E-state index is 13.7. The third-order valence-corrected chi connectivity index (χ3v) is 5.14. The van der Waals surface area contributed by atoms with E-state index in [1.807, 2.05) is 17.0 Å². The van der Waals surface area contributed by atoms with E-state index in [4.69, 9.17) is 4.74 Å². The largest absolute Gasteiger partial charge is 0.478 e. The SMILES string of the molecule is CC(Oc1ccccc1F)C(=O)N1CCC(c2cc3ncccc3[nH]2)CC1. The highest BCUT2D eigenvalue weighted by molar-refractivity contribution is 5.81. The van der Waals surface area contributed by atoms with Gasteiger partial charge in [0, 0.05) is 30.9 Å². The van der Waals surface area contributed by atoms with Gasteiger partial charge in [0.25, 0.3) is 5.91 Å². The van der Waals surface area contributed by atoms with Crippen LogP contribution in [0.25, 0.3) is 11.0 Å². The van der Waals surface area contributed by atoms with Crippen molar-refractivity contribution in [1.29, 1.82) is 0 Å². The van der Waals surface area contributed by atoms with Gasteiger partial charge in [0.05, 0.1) is 11.0 Å². The van der Waals surface area contributed by atoms with Crippen molar-refractivity contribution < 1.29 is 13.9 Å². The second-order valence-corrected chi connectivity index (χ2v) is 6.95. The first-order valence-corrected chi connectivity index (χ1v) is 9.25. The predicted octanol–water partition coefficient (Wildman–Crippen LogP) is 3.88. The molecule has 4 rings (SSSR count). The molecule has 1 aromatic carbocycles. The summed E-state index contributed by atoms with van der Waals surface area (Å²) >= 11 is 0. The van der Waals surface area contributed by atoms with Crippen molar-refractivity contribution in [2.75, 3.05) is 13.1 Å². The molecular formula is C21H22FN3O2. The van der Waals surface area contributed by atoms with E-state index in [1.165, 1.54) is 17.8 Å². The van der Waals surface area contributed by atoms with Crippen LogP contribution in [0.2, 0.25) is 0 Å². The zero-order valence-corrected chi connectivity index (χ0v) is 15.2. The number of rotatable bonds is 4. The minimum absolute atomic E-state index is 0.102. The van der Waals surface area contributed by atoms with Gasteiger partial charge in [-0.1, -0.05) is 12.1 Å². The average molecular weight is 367 g/mol. The fourth-order valence-corrected chi connectivity index (χ4v) is 3.65. The number of halogens is 1. The van der Waals surface area contributed by atoms with Gasteiger partial charge in [0.15, 0.2) is 17.7 Å². The fraction of sp³-hybridized carbons (Fsp3) is 0.333. The number of carbonyl (C=O) groups is 1. The van der Waals surface area contributed by atoms with Gasteiger partial charge < -0.3 is 14.6 Å². The molecule has 140 valence electrons. The number of fused-ring (bicyclic) bond motifs is 1. The maximum atomic E-state index is 13.7. The Morgan fingerprint density at radius 2 is 2.04 bits per heavy atom. The van der Waals surface area contributed by atoms with E-state index < -0.39 is 11.9 Å². The zero-order valence-electron chi connectivity index (χ0n) is 15.2. The van der Waals surface area contributed by atoms with E-state index in [9.17, 15) is 9.18 Å². The molecular weight excluding hydrogens is 345 g/mol. The van der Waals surface area contributed by atoms with Crippen molar-refractivity contribution >= 4 is 16.9 Å². The first-order valence-electron chi connectivity index (χ1n) is 9.25. The third-order valence-electron chi connectivity index (χ3n) is 5.14. The molecule has 1 aliphatic heterocycles. The summed E-state index contributed by atoms with van der Waals surface area (Å²) < 4.78 is 19.3. The molecule has 3 heterocycles. The smallest absolute Gasteiger partial charge is 0.263 e. The molecule has 0 bridgehead atoms. The van der Waals surface area contributed by atoms with Gasteiger partial charge in [-0.25, -0.2) is 4.39 Å². The summed E-state index contributed by atoms with van der Waals surface area (Å²) in [7, 11) is 0. The number of benzene rings is 1. The quantitative estimate of drug-likeness (QED) is 0.761. The minimum Gasteiger partial charge on any atom is -0.478 e. The van der Waals surface area contributed by atoms with Crippen molar-refractivity contribution in [1.82, 2.24) is 14.9 Å². The fourth-order valence-electron chi connectivity index (χ4n) is 3.65. The summed E-state index contributed by atoms with van der Waals surface area (Å²) in [5, 5.41) is 0. The Balaban J connectivity index is 1.36. The molecule has 1 aliphatic rings. The maximum Gasteiger partial charge on any atom is 0.263 e. The molecule has 0 saturated carbocycles. The van der Waals surface area contributed by atoms with Crippen molar-refractivity contribution in [2.45, 2.75) is 31.8 Å². The van der Waals surface area contributed by atoms with Crippen LogP contribution in [0.5, 0.6) is 5.75 Å². The van der Waals surface area contributed by atoms with E-state index in [1.54, 1.807) is 25.3 Å². The summed E-state index contributed by atoms with van der Waals surface area (Å²) in [4.78, 5) is 22.3. The topological polar surface area (TPSA) is 58.2 Å². The number of ether oxygens (including phenoxy) is 1. The second-order valence-electron chi connectivity index (χ2n) is 6.95. The first-order chi connectivity index (χ1) is 13.1. The highest BCUT2D eigenvalue weighted by atomic mass is 19.1. The van der Waals surface area contributed by atoms with Crippen LogP contribution in [0.4, 0.5) is 4.39 Å². The van der Waals surface area contributed by atoms with E-state index in [-0.39, 0.29) is 11.7 Å². The van der Waals surface area contributed by atoms with Gasteiger partial charge in [-0.3, -0.25) is 9.78 Å². The highest BCUT2D eigenvalue weighted by Gasteiger charge is 2.28. The lowest BCUT2D eigenvalue weighted by Crippen LogP contribution is -2.44. The lowest BCUT2D eigenvalue weighted by molar-refractivity contribution is -0.139. The molecule has 1 unspecified atom stereocenters. The van der Waals surface area contributed by atoms with Gasteiger partial charge >= 0.3 is 0 Å². The molecule has 27 heavy (non-hydrogen) atoms. The normalized spacial score (nSPS) is 16.4. The van der Waals surface area contributed by atoms with Gasteiger partial charge in [-0.2, -0.15) is 0 Å². The number of carbonyl (C=O) groups excluding carboxylic acids is 1. The molecule has 1 N–H and O–H groups in total. The minimum atomic E-state index is -0.712. The molecule has 6 heteroatoms. The summed E-state index contributed by atoms with van der Waals surface area (Å²) in [5.41, 5.74) is 3.18. The van der Waals surface area contributed by atoms with Crippen LogP contribution < -0.4 is 4.74 Å². The van der Waals surface area contributed by atoms with Crippen molar-refractivity contribution in [3.63, 3.8) is 0 Å². The number of H-pyrrole nitrogens is 1. The standard InChI is InChI=1S/C21H22FN3O2/c1-14(27-20-7-3-2-5-16(20)22)21(26)25-11-8-15(9-12-25)18-13-19-17(24-18)6-4-10-23-19/h2-7,10,13-15,24H,8-9,11-12H2,1H3. The van der Waals surface area contributed by atoms with Crippen LogP contribution in [-0.2, 0) is 4.79 Å². The number of hydrogen-bond acceptors (Lipinski definition) is 3. The zero-order chi connectivity index (χ0) is 18.8. The van der Waals surface area contributed by atoms with E-state index in [2.05, 4.69) is 16.0 Å². The van der Waals surface area contributed by atoms with Gasteiger partial charge in [-0.05, 0) is 50.1 Å². The first kappa shape index (κ1) is 17.5. The molecule has 0 spiro atoms. The Hall–Kier alpha value is -2.89. The van der Waals surface area contributed by atoms with E-state index in [0.717, 1.165) is 23.9 Å². The number of hydrogen-bond donors (Lipinski definition) is 1. The number of para-hydroxylation sites is 1. The number of nitrogens with one attached hydrogen (secondary N) is 1. The molecule has 1 fully saturated rings. The van der Waals surface area contributed by atoms with Crippen LogP contribution in [-0.4, -0.2) is 40.0 Å². The lowest BCUT2D eigenvalue weighted by atomic mass is 9.93. The third kappa shape index (κ3) is 3.65. The Kier molecular flexibility index (Phi) is 4.79. The Morgan fingerprint density at radius 3 is 2.78 bits per heavy atom. The monoisotopic (exact) mass is 367 g/mol. The highest BCUT2D eigenvalue weighted by Crippen LogP contribution is 2.30. The number of pyridine rings is 1. The molecule has 1 atom stereocenters. The lowest BCUT2D eigenvalue weighted by Gasteiger charge is -2.33. The molecule has 0 radical (unpaired) electrons. The van der Waals surface area contributed by atoms with Gasteiger partial charge in [-0.15, -0.1) is 0 Å². The number of amides is 1. The van der Waals surface area contributed by atoms with E-state index >= 15 is 0 Å². The number of aromatic amines is 1. The van der Waals surface area contributed by atoms with Crippen molar-refractivity contribution in [3.05, 3.63) is 60.2 Å². The Labute approximate surface area is 157 Å². The number of aromatic nitrogens is 2. The average Bonchev–Trinajstić information content (AvgIpc) is 3.13. The number of piperidine rings is 1. The molecule has 0 aliphatic carbocycles. The second kappa shape index (κ2) is 7.39. The van der Waals surface area contributed by atoms with E-state index in [0.29, 0.717) is 19.0 Å². The van der Waals surface area contributed by atoms with Gasteiger partial charge in [0.1, 0.15) is 0 Å². The van der Waals surface area contributed by atoms with Crippen LogP contribution in [0, 0.1) is 5.82 Å². The predicted molar refractivity (Wildman–Crippen MR) is 101 cm³/mol. The molecule has 1 saturated heterocycles. The van der Waals surface area contributed by atoms with Crippen LogP contribution in [0.3, 0.4) is 0 Å².